The van der Waals surface area contributed by atoms with Crippen LogP contribution in [0.15, 0.2) is 12.3 Å². The average molecular weight is 177 g/mol. The summed E-state index contributed by atoms with van der Waals surface area (Å²) in [5.74, 6) is -0.547. The molecule has 0 aliphatic carbocycles. The normalized spacial score (nSPS) is 8.92. The molecular weight excluding hydrogens is 170 g/mol. The maximum Gasteiger partial charge on any atom is 0.341 e. The molecule has 0 saturated heterocycles. The van der Waals surface area contributed by atoms with Gasteiger partial charge in [-0.3, -0.25) is 0 Å². The Hall–Kier alpha value is -1.96. The van der Waals surface area contributed by atoms with E-state index in [1.165, 1.54) is 12.3 Å². The minimum atomic E-state index is -0.547. The Morgan fingerprint density at radius 3 is 3.15 bits per heavy atom. The standard InChI is InChI=1S/C8H7N3O2/c1-6-7(2-4-10-11-6)8(12)13-5-3-9/h2,4H,5H2,1H3. The van der Waals surface area contributed by atoms with Crippen molar-refractivity contribution in [3.8, 4) is 6.07 Å². The Bertz CT molecular complexity index is 357. The molecule has 0 aliphatic rings. The van der Waals surface area contributed by atoms with Crippen molar-refractivity contribution >= 4 is 5.97 Å². The number of rotatable bonds is 2. The molecule has 0 aliphatic heterocycles. The minimum absolute atomic E-state index is 0.249. The first-order valence-electron chi connectivity index (χ1n) is 3.58. The van der Waals surface area contributed by atoms with Crippen LogP contribution in [-0.4, -0.2) is 22.8 Å². The van der Waals surface area contributed by atoms with E-state index in [4.69, 9.17) is 5.26 Å². The number of nitrogens with zero attached hydrogens (tertiary/aromatic N) is 3. The Morgan fingerprint density at radius 2 is 2.54 bits per heavy atom. The summed E-state index contributed by atoms with van der Waals surface area (Å²) in [6.45, 7) is 1.40. The number of aryl methyl sites for hydroxylation is 1. The van der Waals surface area contributed by atoms with E-state index in [1.54, 1.807) is 13.0 Å². The molecule has 0 saturated carbocycles. The van der Waals surface area contributed by atoms with E-state index in [1.807, 2.05) is 0 Å². The Morgan fingerprint density at radius 1 is 1.77 bits per heavy atom. The van der Waals surface area contributed by atoms with E-state index >= 15 is 0 Å². The molecule has 0 amide bonds. The number of hydrogen-bond donors (Lipinski definition) is 0. The van der Waals surface area contributed by atoms with Crippen LogP contribution in [0.3, 0.4) is 0 Å². The van der Waals surface area contributed by atoms with Gasteiger partial charge < -0.3 is 4.74 Å². The van der Waals surface area contributed by atoms with Crippen molar-refractivity contribution < 1.29 is 9.53 Å². The molecular formula is C8H7N3O2. The number of carbonyl (C=O) groups is 1. The average Bonchev–Trinajstić information content (AvgIpc) is 2.15. The molecule has 0 spiro atoms. The zero-order valence-electron chi connectivity index (χ0n) is 7.02. The van der Waals surface area contributed by atoms with Gasteiger partial charge in [-0.15, -0.1) is 0 Å². The predicted octanol–water partition coefficient (Wildman–Crippen LogP) is 0.465. The molecule has 0 atom stereocenters. The van der Waals surface area contributed by atoms with E-state index in [-0.39, 0.29) is 6.61 Å². The fraction of sp³-hybridized carbons (Fsp3) is 0.250. The summed E-state index contributed by atoms with van der Waals surface area (Å²) < 4.78 is 4.59. The van der Waals surface area contributed by atoms with Gasteiger partial charge in [0, 0.05) is 0 Å². The summed E-state index contributed by atoms with van der Waals surface area (Å²) in [4.78, 5) is 11.2. The number of carbonyl (C=O) groups excluding carboxylic acids is 1. The van der Waals surface area contributed by atoms with Gasteiger partial charge in [-0.05, 0) is 13.0 Å². The summed E-state index contributed by atoms with van der Waals surface area (Å²) in [6, 6.07) is 3.21. The lowest BCUT2D eigenvalue weighted by molar-refractivity contribution is 0.0553. The fourth-order valence-corrected chi connectivity index (χ4v) is 0.794. The SMILES string of the molecule is Cc1nnccc1C(=O)OCC#N. The second-order valence-electron chi connectivity index (χ2n) is 2.26. The molecule has 1 heterocycles. The molecule has 1 aromatic heterocycles. The van der Waals surface area contributed by atoms with Gasteiger partial charge in [0.15, 0.2) is 6.61 Å². The smallest absolute Gasteiger partial charge is 0.341 e. The molecule has 5 nitrogen and oxygen atoms in total. The molecule has 0 N–H and O–H groups in total. The van der Waals surface area contributed by atoms with Gasteiger partial charge in [0.25, 0.3) is 0 Å². The first kappa shape index (κ1) is 9.13. The monoisotopic (exact) mass is 177 g/mol. The zero-order valence-corrected chi connectivity index (χ0v) is 7.02. The molecule has 1 aromatic rings. The highest BCUT2D eigenvalue weighted by atomic mass is 16.5. The van der Waals surface area contributed by atoms with E-state index in [9.17, 15) is 4.79 Å². The van der Waals surface area contributed by atoms with Crippen molar-refractivity contribution in [1.29, 1.82) is 5.26 Å². The van der Waals surface area contributed by atoms with Crippen molar-refractivity contribution in [2.24, 2.45) is 0 Å². The number of hydrogen-bond acceptors (Lipinski definition) is 5. The van der Waals surface area contributed by atoms with Crippen LogP contribution in [-0.2, 0) is 4.74 Å². The van der Waals surface area contributed by atoms with Gasteiger partial charge >= 0.3 is 5.97 Å². The first-order valence-corrected chi connectivity index (χ1v) is 3.58. The van der Waals surface area contributed by atoms with Crippen LogP contribution in [0.25, 0.3) is 0 Å². The fourth-order valence-electron chi connectivity index (χ4n) is 0.794. The Kier molecular flexibility index (Phi) is 2.92. The number of aromatic nitrogens is 2. The third-order valence-corrected chi connectivity index (χ3v) is 1.39. The molecule has 0 bridgehead atoms. The number of nitriles is 1. The number of ether oxygens (including phenoxy) is 1. The molecule has 5 heteroatoms. The lowest BCUT2D eigenvalue weighted by atomic mass is 10.2. The second kappa shape index (κ2) is 4.16. The molecule has 13 heavy (non-hydrogen) atoms. The van der Waals surface area contributed by atoms with E-state index in [0.717, 1.165) is 0 Å². The first-order chi connectivity index (χ1) is 6.25. The van der Waals surface area contributed by atoms with Crippen LogP contribution >= 0.6 is 0 Å². The maximum atomic E-state index is 11.2. The largest absolute Gasteiger partial charge is 0.447 e. The van der Waals surface area contributed by atoms with Gasteiger partial charge in [-0.2, -0.15) is 15.5 Å². The second-order valence-corrected chi connectivity index (χ2v) is 2.26. The summed E-state index contributed by atoms with van der Waals surface area (Å²) in [6.07, 6.45) is 1.40. The summed E-state index contributed by atoms with van der Waals surface area (Å²) in [5.41, 5.74) is 0.829. The molecule has 0 unspecified atom stereocenters. The highest BCUT2D eigenvalue weighted by Gasteiger charge is 2.10. The zero-order chi connectivity index (χ0) is 9.68. The summed E-state index contributed by atoms with van der Waals surface area (Å²) >= 11 is 0. The van der Waals surface area contributed by atoms with Gasteiger partial charge in [0.05, 0.1) is 17.5 Å². The third-order valence-electron chi connectivity index (χ3n) is 1.39. The van der Waals surface area contributed by atoms with Crippen LogP contribution in [0.1, 0.15) is 16.1 Å². The van der Waals surface area contributed by atoms with E-state index < -0.39 is 5.97 Å². The van der Waals surface area contributed by atoms with Crippen LogP contribution in [0.2, 0.25) is 0 Å². The molecule has 66 valence electrons. The van der Waals surface area contributed by atoms with Gasteiger partial charge in [0.2, 0.25) is 0 Å². The van der Waals surface area contributed by atoms with E-state index in [0.29, 0.717) is 11.3 Å². The summed E-state index contributed by atoms with van der Waals surface area (Å²) in [5, 5.41) is 15.4. The quantitative estimate of drug-likeness (QED) is 0.613. The Balaban J connectivity index is 2.78. The van der Waals surface area contributed by atoms with Crippen LogP contribution in [0.4, 0.5) is 0 Å². The van der Waals surface area contributed by atoms with Crippen molar-refractivity contribution in [3.05, 3.63) is 23.5 Å². The maximum absolute atomic E-state index is 11.2. The highest BCUT2D eigenvalue weighted by Crippen LogP contribution is 2.03. The van der Waals surface area contributed by atoms with Crippen LogP contribution in [0, 0.1) is 18.3 Å². The van der Waals surface area contributed by atoms with Crippen molar-refractivity contribution in [2.75, 3.05) is 6.61 Å². The predicted molar refractivity (Wildman–Crippen MR) is 42.7 cm³/mol. The van der Waals surface area contributed by atoms with Crippen LogP contribution in [0.5, 0.6) is 0 Å². The molecule has 0 fully saturated rings. The van der Waals surface area contributed by atoms with Gasteiger partial charge in [0.1, 0.15) is 6.07 Å². The van der Waals surface area contributed by atoms with Crippen molar-refractivity contribution in [1.82, 2.24) is 10.2 Å². The van der Waals surface area contributed by atoms with Gasteiger partial charge in [-0.1, -0.05) is 0 Å². The van der Waals surface area contributed by atoms with Crippen molar-refractivity contribution in [3.63, 3.8) is 0 Å². The minimum Gasteiger partial charge on any atom is -0.447 e. The van der Waals surface area contributed by atoms with Gasteiger partial charge in [-0.25, -0.2) is 4.79 Å². The third kappa shape index (κ3) is 2.24. The topological polar surface area (TPSA) is 75.9 Å². The summed E-state index contributed by atoms with van der Waals surface area (Å²) in [7, 11) is 0. The van der Waals surface area contributed by atoms with E-state index in [2.05, 4.69) is 14.9 Å². The molecule has 0 radical (unpaired) electrons. The lowest BCUT2D eigenvalue weighted by Crippen LogP contribution is -2.08. The van der Waals surface area contributed by atoms with Crippen LogP contribution < -0.4 is 0 Å². The lowest BCUT2D eigenvalue weighted by Gasteiger charge is -2.01. The Labute approximate surface area is 75.0 Å². The van der Waals surface area contributed by atoms with Crippen molar-refractivity contribution in [2.45, 2.75) is 6.92 Å². The molecule has 1 rings (SSSR count). The highest BCUT2D eigenvalue weighted by molar-refractivity contribution is 5.90. The number of esters is 1. The molecule has 0 aromatic carbocycles.